The van der Waals surface area contributed by atoms with Crippen molar-refractivity contribution in [3.05, 3.63) is 60.7 Å². The predicted octanol–water partition coefficient (Wildman–Crippen LogP) is 15.3. The van der Waals surface area contributed by atoms with Gasteiger partial charge in [0.15, 0.2) is 0 Å². The van der Waals surface area contributed by atoms with Gasteiger partial charge in [0.05, 0.1) is 0 Å². The van der Waals surface area contributed by atoms with Crippen LogP contribution in [-0.4, -0.2) is 35.8 Å². The molecule has 0 fully saturated rings. The zero-order valence-electron chi connectivity index (χ0n) is 34.5. The fourth-order valence-corrected chi connectivity index (χ4v) is 6.62. The van der Waals surface area contributed by atoms with E-state index in [0.717, 1.165) is 25.7 Å². The Hall–Kier alpha value is -1.82. The number of carbonyl (C=O) groups is 2. The van der Waals surface area contributed by atoms with E-state index in [4.69, 9.17) is 9.47 Å². The first-order valence-electron chi connectivity index (χ1n) is 22.2. The van der Waals surface area contributed by atoms with Gasteiger partial charge in [0.1, 0.15) is 11.5 Å². The van der Waals surface area contributed by atoms with Gasteiger partial charge in [-0.15, -0.1) is 0 Å². The number of unbranched alkanes of at least 4 members (excludes halogenated alkanes) is 28. The van der Waals surface area contributed by atoms with Crippen LogP contribution in [0.2, 0.25) is 0 Å². The monoisotopic (exact) mass is 841 g/mol. The Morgan fingerprint density at radius 3 is 0.774 bits per heavy atom. The molecule has 0 spiro atoms. The first kappa shape index (κ1) is 51.2. The molecule has 0 saturated carbocycles. The standard InChI is InChI=1S/2C24H40O2.Sn/c2*1-2-3-4-5-6-7-8-9-10-11-12-13-14-15-19-22-24(25)26-23-20-17-16-18-21-23;/h2*16-18,20-21H,2-15,19,22H2,1H3;. The summed E-state index contributed by atoms with van der Waals surface area (Å²) in [6.45, 7) is 4.56. The third-order valence-electron chi connectivity index (χ3n) is 9.92. The minimum atomic E-state index is -0.106. The molecule has 2 rings (SSSR count). The summed E-state index contributed by atoms with van der Waals surface area (Å²) in [5, 5.41) is 0. The average Bonchev–Trinajstić information content (AvgIpc) is 3.16. The van der Waals surface area contributed by atoms with E-state index < -0.39 is 0 Å². The molecule has 0 aromatic heterocycles. The van der Waals surface area contributed by atoms with Crippen molar-refractivity contribution in [3.8, 4) is 11.5 Å². The van der Waals surface area contributed by atoms with Crippen molar-refractivity contribution in [2.24, 2.45) is 0 Å². The van der Waals surface area contributed by atoms with Crippen LogP contribution in [0.1, 0.15) is 219 Å². The van der Waals surface area contributed by atoms with Crippen molar-refractivity contribution in [1.29, 1.82) is 0 Å². The largest absolute Gasteiger partial charge is 0.427 e. The smallest absolute Gasteiger partial charge is 0.311 e. The molecule has 300 valence electrons. The molecule has 2 aromatic rings. The van der Waals surface area contributed by atoms with E-state index in [0.29, 0.717) is 24.3 Å². The summed E-state index contributed by atoms with van der Waals surface area (Å²) < 4.78 is 10.6. The molecule has 4 radical (unpaired) electrons. The van der Waals surface area contributed by atoms with E-state index in [1.807, 2.05) is 60.7 Å². The molecule has 0 unspecified atom stereocenters. The second-order valence-electron chi connectivity index (χ2n) is 15.0. The molecule has 0 N–H and O–H groups in total. The first-order chi connectivity index (χ1) is 25.7. The van der Waals surface area contributed by atoms with E-state index in [-0.39, 0.29) is 35.8 Å². The number of hydrogen-bond acceptors (Lipinski definition) is 4. The van der Waals surface area contributed by atoms with Crippen molar-refractivity contribution in [1.82, 2.24) is 0 Å². The molecule has 0 bridgehead atoms. The fourth-order valence-electron chi connectivity index (χ4n) is 6.62. The molecule has 0 amide bonds. The van der Waals surface area contributed by atoms with Gasteiger partial charge in [-0.1, -0.05) is 230 Å². The van der Waals surface area contributed by atoms with Crippen molar-refractivity contribution in [3.63, 3.8) is 0 Å². The molecular weight excluding hydrogens is 759 g/mol. The quantitative estimate of drug-likeness (QED) is 0.0305. The van der Waals surface area contributed by atoms with Crippen LogP contribution < -0.4 is 9.47 Å². The van der Waals surface area contributed by atoms with Crippen molar-refractivity contribution >= 4 is 35.8 Å². The van der Waals surface area contributed by atoms with Gasteiger partial charge in [-0.05, 0) is 37.1 Å². The number of ether oxygens (including phenoxy) is 2. The topological polar surface area (TPSA) is 52.6 Å². The number of esters is 2. The van der Waals surface area contributed by atoms with Crippen molar-refractivity contribution < 1.29 is 19.1 Å². The van der Waals surface area contributed by atoms with E-state index in [9.17, 15) is 9.59 Å². The third kappa shape index (κ3) is 36.9. The first-order valence-corrected chi connectivity index (χ1v) is 22.2. The molecule has 2 aromatic carbocycles. The molecule has 0 atom stereocenters. The van der Waals surface area contributed by atoms with Gasteiger partial charge in [-0.2, -0.15) is 0 Å². The van der Waals surface area contributed by atoms with Crippen LogP contribution in [0.4, 0.5) is 0 Å². The summed E-state index contributed by atoms with van der Waals surface area (Å²) in [5.74, 6) is 1.09. The van der Waals surface area contributed by atoms with Crippen LogP contribution in [-0.2, 0) is 9.59 Å². The summed E-state index contributed by atoms with van der Waals surface area (Å²) in [7, 11) is 0. The van der Waals surface area contributed by atoms with Gasteiger partial charge in [0.25, 0.3) is 0 Å². The second kappa shape index (κ2) is 41.3. The molecule has 5 heteroatoms. The van der Waals surface area contributed by atoms with Gasteiger partial charge >= 0.3 is 11.9 Å². The van der Waals surface area contributed by atoms with Crippen LogP contribution in [0.5, 0.6) is 11.5 Å². The Kier molecular flexibility index (Phi) is 39.9. The molecule has 0 saturated heterocycles. The van der Waals surface area contributed by atoms with Crippen LogP contribution in [0.3, 0.4) is 0 Å². The maximum Gasteiger partial charge on any atom is 0.311 e. The average molecular weight is 840 g/mol. The van der Waals surface area contributed by atoms with Crippen LogP contribution in [0.25, 0.3) is 0 Å². The molecule has 53 heavy (non-hydrogen) atoms. The summed E-state index contributed by atoms with van der Waals surface area (Å²) in [4.78, 5) is 23.4. The van der Waals surface area contributed by atoms with Crippen LogP contribution in [0.15, 0.2) is 60.7 Å². The van der Waals surface area contributed by atoms with Gasteiger partial charge in [-0.3, -0.25) is 9.59 Å². The van der Waals surface area contributed by atoms with Gasteiger partial charge in [0, 0.05) is 36.7 Å². The minimum Gasteiger partial charge on any atom is -0.427 e. The van der Waals surface area contributed by atoms with Gasteiger partial charge in [-0.25, -0.2) is 0 Å². The number of hydrogen-bond donors (Lipinski definition) is 0. The Labute approximate surface area is 344 Å². The number of para-hydroxylation sites is 2. The number of carbonyl (C=O) groups excluding carboxylic acids is 2. The zero-order valence-corrected chi connectivity index (χ0v) is 37.4. The van der Waals surface area contributed by atoms with Crippen LogP contribution in [0, 0.1) is 0 Å². The normalized spacial score (nSPS) is 10.6. The molecule has 0 aliphatic rings. The zero-order chi connectivity index (χ0) is 37.4. The van der Waals surface area contributed by atoms with Crippen molar-refractivity contribution in [2.75, 3.05) is 0 Å². The summed E-state index contributed by atoms with van der Waals surface area (Å²) >= 11 is 0. The minimum absolute atomic E-state index is 0. The molecule has 0 aliphatic carbocycles. The maximum absolute atomic E-state index is 11.7. The van der Waals surface area contributed by atoms with Gasteiger partial charge < -0.3 is 9.47 Å². The Bertz CT molecular complexity index is 945. The van der Waals surface area contributed by atoms with Crippen LogP contribution >= 0.6 is 0 Å². The van der Waals surface area contributed by atoms with E-state index in [1.54, 1.807) is 0 Å². The molecule has 0 aliphatic heterocycles. The molecular formula is C48H80O4Sn. The summed E-state index contributed by atoms with van der Waals surface area (Å²) in [5.41, 5.74) is 0. The fraction of sp³-hybridized carbons (Fsp3) is 0.708. The maximum atomic E-state index is 11.7. The van der Waals surface area contributed by atoms with E-state index in [1.165, 1.54) is 167 Å². The number of rotatable bonds is 34. The molecule has 0 heterocycles. The molecule has 4 nitrogen and oxygen atoms in total. The SMILES string of the molecule is CCCCCCCCCCCCCCCCCC(=O)Oc1ccccc1.CCCCCCCCCCCCCCCCCC(=O)Oc1ccccc1.[Sn]. The Balaban J connectivity index is 0.00000100. The number of benzene rings is 2. The third-order valence-corrected chi connectivity index (χ3v) is 9.92. The van der Waals surface area contributed by atoms with E-state index >= 15 is 0 Å². The predicted molar refractivity (Wildman–Crippen MR) is 229 cm³/mol. The Morgan fingerprint density at radius 2 is 0.547 bits per heavy atom. The Morgan fingerprint density at radius 1 is 0.340 bits per heavy atom. The summed E-state index contributed by atoms with van der Waals surface area (Å²) in [6.07, 6.45) is 41.3. The second-order valence-corrected chi connectivity index (χ2v) is 15.0. The van der Waals surface area contributed by atoms with Gasteiger partial charge in [0.2, 0.25) is 0 Å². The van der Waals surface area contributed by atoms with Crippen molar-refractivity contribution in [2.45, 2.75) is 219 Å². The van der Waals surface area contributed by atoms with E-state index in [2.05, 4.69) is 13.8 Å². The summed E-state index contributed by atoms with van der Waals surface area (Å²) in [6, 6.07) is 18.7.